The van der Waals surface area contributed by atoms with Gasteiger partial charge in [0.05, 0.1) is 12.7 Å². The van der Waals surface area contributed by atoms with E-state index >= 15 is 0 Å². The summed E-state index contributed by atoms with van der Waals surface area (Å²) in [6, 6.07) is 4.73. The van der Waals surface area contributed by atoms with Crippen LogP contribution in [-0.2, 0) is 4.74 Å². The van der Waals surface area contributed by atoms with Gasteiger partial charge in [0, 0.05) is 17.5 Å². The van der Waals surface area contributed by atoms with Gasteiger partial charge in [-0.05, 0) is 18.6 Å². The molecule has 88 valence electrons. The minimum absolute atomic E-state index is 0.390. The van der Waals surface area contributed by atoms with E-state index in [9.17, 15) is 9.59 Å². The molecule has 0 N–H and O–H groups in total. The molecule has 0 aromatic heterocycles. The van der Waals surface area contributed by atoms with Gasteiger partial charge in [-0.1, -0.05) is 24.8 Å². The highest BCUT2D eigenvalue weighted by atomic mass is 16.5. The molecule has 0 saturated carbocycles. The van der Waals surface area contributed by atoms with Gasteiger partial charge in [-0.2, -0.15) is 0 Å². The molecule has 1 rings (SSSR count). The van der Waals surface area contributed by atoms with Crippen molar-refractivity contribution in [2.75, 3.05) is 7.11 Å². The average molecular weight is 230 g/mol. The third kappa shape index (κ3) is 3.46. The number of carbonyl (C=O) groups is 2. The Balaban J connectivity index is 3.17. The van der Waals surface area contributed by atoms with Gasteiger partial charge in [0.2, 0.25) is 0 Å². The fourth-order valence-electron chi connectivity index (χ4n) is 1.31. The zero-order valence-corrected chi connectivity index (χ0v) is 9.95. The number of carbonyl (C=O) groups excluding carboxylic acids is 2. The molecule has 0 spiro atoms. The summed E-state index contributed by atoms with van der Waals surface area (Å²) >= 11 is 0. The molecule has 1 aromatic rings. The van der Waals surface area contributed by atoms with Crippen molar-refractivity contribution in [2.24, 2.45) is 0 Å². The average Bonchev–Trinajstić information content (AvgIpc) is 2.38. The highest BCUT2D eigenvalue weighted by molar-refractivity contribution is 5.93. The number of aldehydes is 1. The molecule has 0 bridgehead atoms. The first-order valence-corrected chi connectivity index (χ1v) is 5.39. The lowest BCUT2D eigenvalue weighted by Crippen LogP contribution is -2.04. The zero-order chi connectivity index (χ0) is 12.7. The lowest BCUT2D eigenvalue weighted by molar-refractivity contribution is 0.0600. The lowest BCUT2D eigenvalue weighted by atomic mass is 10.0. The van der Waals surface area contributed by atoms with Gasteiger partial charge in [-0.15, -0.1) is 0 Å². The molecule has 0 heterocycles. The third-order valence-electron chi connectivity index (χ3n) is 2.18. The fourth-order valence-corrected chi connectivity index (χ4v) is 1.31. The Kier molecular flexibility index (Phi) is 4.96. The highest BCUT2D eigenvalue weighted by Crippen LogP contribution is 2.11. The van der Waals surface area contributed by atoms with E-state index in [-0.39, 0.29) is 0 Å². The molecule has 0 fully saturated rings. The summed E-state index contributed by atoms with van der Waals surface area (Å²) in [6.07, 6.45) is 2.44. The van der Waals surface area contributed by atoms with Crippen LogP contribution in [0.2, 0.25) is 0 Å². The normalized spacial score (nSPS) is 9.06. The van der Waals surface area contributed by atoms with Crippen molar-refractivity contribution in [1.29, 1.82) is 0 Å². The number of methoxy groups -OCH3 is 1. The maximum absolute atomic E-state index is 11.5. The number of rotatable bonds is 3. The SMILES string of the molecule is CCCC#Cc1cc(C=O)ccc1C(=O)OC. The van der Waals surface area contributed by atoms with Crippen molar-refractivity contribution in [3.8, 4) is 11.8 Å². The van der Waals surface area contributed by atoms with Crippen molar-refractivity contribution in [3.05, 3.63) is 34.9 Å². The Morgan fingerprint density at radius 2 is 2.24 bits per heavy atom. The van der Waals surface area contributed by atoms with Crippen LogP contribution >= 0.6 is 0 Å². The number of esters is 1. The summed E-state index contributed by atoms with van der Waals surface area (Å²) in [5.74, 6) is 5.40. The molecule has 0 atom stereocenters. The van der Waals surface area contributed by atoms with Crippen molar-refractivity contribution >= 4 is 12.3 Å². The molecule has 0 unspecified atom stereocenters. The topological polar surface area (TPSA) is 43.4 Å². The van der Waals surface area contributed by atoms with Gasteiger partial charge in [0.1, 0.15) is 6.29 Å². The van der Waals surface area contributed by atoms with Crippen molar-refractivity contribution in [3.63, 3.8) is 0 Å². The molecule has 0 aliphatic rings. The number of hydrogen-bond donors (Lipinski definition) is 0. The summed E-state index contributed by atoms with van der Waals surface area (Å²) in [5, 5.41) is 0. The predicted molar refractivity (Wildman–Crippen MR) is 65.0 cm³/mol. The molecule has 17 heavy (non-hydrogen) atoms. The van der Waals surface area contributed by atoms with Crippen LogP contribution in [0.5, 0.6) is 0 Å². The van der Waals surface area contributed by atoms with Crippen molar-refractivity contribution < 1.29 is 14.3 Å². The fraction of sp³-hybridized carbons (Fsp3) is 0.286. The Hall–Kier alpha value is -2.08. The standard InChI is InChI=1S/C14H14O3/c1-3-4-5-6-12-9-11(10-15)7-8-13(12)14(16)17-2/h7-10H,3-4H2,1-2H3. The molecule has 1 aromatic carbocycles. The van der Waals surface area contributed by atoms with E-state index < -0.39 is 5.97 Å². The summed E-state index contributed by atoms with van der Waals surface area (Å²) < 4.78 is 4.66. The van der Waals surface area contributed by atoms with Crippen LogP contribution < -0.4 is 0 Å². The zero-order valence-electron chi connectivity index (χ0n) is 9.95. The van der Waals surface area contributed by atoms with Crippen LogP contribution in [0.3, 0.4) is 0 Å². The summed E-state index contributed by atoms with van der Waals surface area (Å²) in [4.78, 5) is 22.2. The predicted octanol–water partition coefficient (Wildman–Crippen LogP) is 2.44. The van der Waals surface area contributed by atoms with E-state index in [1.54, 1.807) is 18.2 Å². The Labute approximate surface area is 101 Å². The van der Waals surface area contributed by atoms with Crippen LogP contribution in [0.1, 0.15) is 46.0 Å². The molecule has 3 heteroatoms. The van der Waals surface area contributed by atoms with Gasteiger partial charge in [0.15, 0.2) is 0 Å². The molecule has 0 aliphatic heterocycles. The van der Waals surface area contributed by atoms with E-state index in [0.717, 1.165) is 19.1 Å². The Bertz CT molecular complexity index is 478. The summed E-state index contributed by atoms with van der Waals surface area (Å²) in [5.41, 5.74) is 1.43. The van der Waals surface area contributed by atoms with E-state index in [1.165, 1.54) is 7.11 Å². The largest absolute Gasteiger partial charge is 0.465 e. The molecule has 0 saturated heterocycles. The third-order valence-corrected chi connectivity index (χ3v) is 2.18. The number of hydrogen-bond acceptors (Lipinski definition) is 3. The quantitative estimate of drug-likeness (QED) is 0.455. The molecule has 0 radical (unpaired) electrons. The van der Waals surface area contributed by atoms with Gasteiger partial charge in [-0.3, -0.25) is 4.79 Å². The number of benzene rings is 1. The van der Waals surface area contributed by atoms with Gasteiger partial charge in [-0.25, -0.2) is 4.79 Å². The smallest absolute Gasteiger partial charge is 0.339 e. The molecule has 0 aliphatic carbocycles. The maximum Gasteiger partial charge on any atom is 0.339 e. The number of ether oxygens (including phenoxy) is 1. The first kappa shape index (κ1) is 13.0. The maximum atomic E-state index is 11.5. The summed E-state index contributed by atoms with van der Waals surface area (Å²) in [7, 11) is 1.32. The minimum Gasteiger partial charge on any atom is -0.465 e. The highest BCUT2D eigenvalue weighted by Gasteiger charge is 2.10. The van der Waals surface area contributed by atoms with Crippen LogP contribution in [0.15, 0.2) is 18.2 Å². The Morgan fingerprint density at radius 3 is 2.82 bits per heavy atom. The van der Waals surface area contributed by atoms with Gasteiger partial charge < -0.3 is 4.74 Å². The van der Waals surface area contributed by atoms with Crippen LogP contribution in [-0.4, -0.2) is 19.4 Å². The van der Waals surface area contributed by atoms with Crippen LogP contribution in [0.4, 0.5) is 0 Å². The minimum atomic E-state index is -0.441. The second-order valence-electron chi connectivity index (χ2n) is 3.47. The first-order valence-electron chi connectivity index (χ1n) is 5.39. The monoisotopic (exact) mass is 230 g/mol. The second kappa shape index (κ2) is 6.49. The van der Waals surface area contributed by atoms with E-state index in [0.29, 0.717) is 16.7 Å². The van der Waals surface area contributed by atoms with E-state index in [1.807, 2.05) is 6.92 Å². The molecular formula is C14H14O3. The van der Waals surface area contributed by atoms with E-state index in [4.69, 9.17) is 0 Å². The Morgan fingerprint density at radius 1 is 1.47 bits per heavy atom. The van der Waals surface area contributed by atoms with Crippen molar-refractivity contribution in [2.45, 2.75) is 19.8 Å². The van der Waals surface area contributed by atoms with Crippen LogP contribution in [0, 0.1) is 11.8 Å². The van der Waals surface area contributed by atoms with Gasteiger partial charge in [0.25, 0.3) is 0 Å². The summed E-state index contributed by atoms with van der Waals surface area (Å²) in [6.45, 7) is 2.03. The molecular weight excluding hydrogens is 216 g/mol. The molecule has 0 amide bonds. The second-order valence-corrected chi connectivity index (χ2v) is 3.47. The first-order chi connectivity index (χ1) is 8.22. The van der Waals surface area contributed by atoms with Crippen LogP contribution in [0.25, 0.3) is 0 Å². The van der Waals surface area contributed by atoms with Gasteiger partial charge >= 0.3 is 5.97 Å². The molecule has 3 nitrogen and oxygen atoms in total. The number of unbranched alkanes of at least 4 members (excludes halogenated alkanes) is 1. The van der Waals surface area contributed by atoms with E-state index in [2.05, 4.69) is 16.6 Å². The lowest BCUT2D eigenvalue weighted by Gasteiger charge is -2.02. The van der Waals surface area contributed by atoms with Crippen molar-refractivity contribution in [1.82, 2.24) is 0 Å².